The van der Waals surface area contributed by atoms with Crippen molar-refractivity contribution in [2.24, 2.45) is 5.73 Å². The first-order valence-electron chi connectivity index (χ1n) is 4.33. The standard InChI is InChI=1S/C10H13F2NO/c1-6(5-13)7-3-8(11)10(14-2)9(12)4-7/h3-4,6H,5,13H2,1-2H3. The molecule has 0 radical (unpaired) electrons. The highest BCUT2D eigenvalue weighted by atomic mass is 19.1. The van der Waals surface area contributed by atoms with Crippen molar-refractivity contribution in [3.8, 4) is 5.75 Å². The molecule has 14 heavy (non-hydrogen) atoms. The topological polar surface area (TPSA) is 35.2 Å². The molecule has 1 aromatic carbocycles. The van der Waals surface area contributed by atoms with Gasteiger partial charge in [0.2, 0.25) is 0 Å². The van der Waals surface area contributed by atoms with E-state index in [1.165, 1.54) is 19.2 Å². The second-order valence-corrected chi connectivity index (χ2v) is 3.15. The van der Waals surface area contributed by atoms with Crippen LogP contribution in [0.25, 0.3) is 0 Å². The molecule has 2 N–H and O–H groups in total. The fourth-order valence-corrected chi connectivity index (χ4v) is 1.20. The van der Waals surface area contributed by atoms with E-state index in [-0.39, 0.29) is 11.7 Å². The van der Waals surface area contributed by atoms with Gasteiger partial charge in [0.1, 0.15) is 0 Å². The predicted octanol–water partition coefficient (Wildman–Crippen LogP) is 2.04. The minimum Gasteiger partial charge on any atom is -0.491 e. The van der Waals surface area contributed by atoms with Gasteiger partial charge in [-0.1, -0.05) is 6.92 Å². The number of rotatable bonds is 3. The predicted molar refractivity (Wildman–Crippen MR) is 50.4 cm³/mol. The molecule has 0 saturated carbocycles. The van der Waals surface area contributed by atoms with Gasteiger partial charge in [-0.25, -0.2) is 8.78 Å². The lowest BCUT2D eigenvalue weighted by atomic mass is 10.0. The van der Waals surface area contributed by atoms with E-state index < -0.39 is 11.6 Å². The highest BCUT2D eigenvalue weighted by Crippen LogP contribution is 2.26. The Morgan fingerprint density at radius 3 is 2.21 bits per heavy atom. The lowest BCUT2D eigenvalue weighted by Crippen LogP contribution is -2.09. The van der Waals surface area contributed by atoms with E-state index in [0.29, 0.717) is 12.1 Å². The van der Waals surface area contributed by atoms with Gasteiger partial charge in [-0.05, 0) is 30.2 Å². The second kappa shape index (κ2) is 4.37. The minimum atomic E-state index is -0.692. The largest absolute Gasteiger partial charge is 0.491 e. The van der Waals surface area contributed by atoms with E-state index >= 15 is 0 Å². The summed E-state index contributed by atoms with van der Waals surface area (Å²) in [5.74, 6) is -1.80. The second-order valence-electron chi connectivity index (χ2n) is 3.15. The van der Waals surface area contributed by atoms with Crippen LogP contribution >= 0.6 is 0 Å². The molecule has 1 unspecified atom stereocenters. The number of hydrogen-bond donors (Lipinski definition) is 1. The van der Waals surface area contributed by atoms with Crippen molar-refractivity contribution in [2.45, 2.75) is 12.8 Å². The Morgan fingerprint density at radius 2 is 1.86 bits per heavy atom. The molecule has 0 aliphatic rings. The summed E-state index contributed by atoms with van der Waals surface area (Å²) in [5, 5.41) is 0. The molecule has 0 amide bonds. The van der Waals surface area contributed by atoms with Crippen molar-refractivity contribution in [3.63, 3.8) is 0 Å². The average molecular weight is 201 g/mol. The van der Waals surface area contributed by atoms with Crippen molar-refractivity contribution in [1.29, 1.82) is 0 Å². The number of nitrogens with two attached hydrogens (primary N) is 1. The molecule has 0 heterocycles. The van der Waals surface area contributed by atoms with Crippen LogP contribution < -0.4 is 10.5 Å². The van der Waals surface area contributed by atoms with Crippen molar-refractivity contribution in [3.05, 3.63) is 29.3 Å². The molecule has 1 rings (SSSR count). The van der Waals surface area contributed by atoms with Crippen LogP contribution in [0.2, 0.25) is 0 Å². The zero-order chi connectivity index (χ0) is 10.7. The maximum atomic E-state index is 13.2. The summed E-state index contributed by atoms with van der Waals surface area (Å²) in [7, 11) is 1.23. The molecular weight excluding hydrogens is 188 g/mol. The molecule has 0 fully saturated rings. The Morgan fingerprint density at radius 1 is 1.36 bits per heavy atom. The lowest BCUT2D eigenvalue weighted by Gasteiger charge is -2.11. The molecule has 4 heteroatoms. The third kappa shape index (κ3) is 2.01. The molecule has 0 saturated heterocycles. The van der Waals surface area contributed by atoms with Gasteiger partial charge in [0.15, 0.2) is 17.4 Å². The van der Waals surface area contributed by atoms with Crippen molar-refractivity contribution >= 4 is 0 Å². The first-order valence-corrected chi connectivity index (χ1v) is 4.33. The van der Waals surface area contributed by atoms with Gasteiger partial charge in [-0.3, -0.25) is 0 Å². The number of benzene rings is 1. The summed E-state index contributed by atoms with van der Waals surface area (Å²) in [6.07, 6.45) is 0. The summed E-state index contributed by atoms with van der Waals surface area (Å²) >= 11 is 0. The van der Waals surface area contributed by atoms with Crippen LogP contribution in [0.5, 0.6) is 5.75 Å². The van der Waals surface area contributed by atoms with Crippen LogP contribution in [0.4, 0.5) is 8.78 Å². The molecule has 2 nitrogen and oxygen atoms in total. The fourth-order valence-electron chi connectivity index (χ4n) is 1.20. The summed E-state index contributed by atoms with van der Waals surface area (Å²) in [6, 6.07) is 2.50. The van der Waals surface area contributed by atoms with Crippen LogP contribution in [0.3, 0.4) is 0 Å². The van der Waals surface area contributed by atoms with Crippen LogP contribution in [0.15, 0.2) is 12.1 Å². The maximum absolute atomic E-state index is 13.2. The fraction of sp³-hybridized carbons (Fsp3) is 0.400. The molecule has 0 aliphatic carbocycles. The molecule has 0 aromatic heterocycles. The van der Waals surface area contributed by atoms with Crippen LogP contribution in [-0.2, 0) is 0 Å². The third-order valence-electron chi connectivity index (χ3n) is 2.15. The summed E-state index contributed by atoms with van der Waals surface area (Å²) in [6.45, 7) is 2.16. The zero-order valence-corrected chi connectivity index (χ0v) is 8.18. The van der Waals surface area contributed by atoms with E-state index in [0.717, 1.165) is 0 Å². The Hall–Kier alpha value is -1.16. The first-order chi connectivity index (χ1) is 6.60. The van der Waals surface area contributed by atoms with Gasteiger partial charge < -0.3 is 10.5 Å². The minimum absolute atomic E-state index is 0.0649. The zero-order valence-electron chi connectivity index (χ0n) is 8.18. The Kier molecular flexibility index (Phi) is 3.41. The summed E-state index contributed by atoms with van der Waals surface area (Å²) < 4.78 is 31.0. The highest BCUT2D eigenvalue weighted by Gasteiger charge is 2.13. The molecule has 1 atom stereocenters. The van der Waals surface area contributed by atoms with Gasteiger partial charge >= 0.3 is 0 Å². The van der Waals surface area contributed by atoms with E-state index in [4.69, 9.17) is 5.73 Å². The van der Waals surface area contributed by atoms with E-state index in [9.17, 15) is 8.78 Å². The van der Waals surface area contributed by atoms with Crippen LogP contribution in [0, 0.1) is 11.6 Å². The average Bonchev–Trinajstić information content (AvgIpc) is 2.16. The number of methoxy groups -OCH3 is 1. The molecule has 0 spiro atoms. The quantitative estimate of drug-likeness (QED) is 0.812. The van der Waals surface area contributed by atoms with Gasteiger partial charge in [0, 0.05) is 0 Å². The van der Waals surface area contributed by atoms with Crippen molar-refractivity contribution in [1.82, 2.24) is 0 Å². The van der Waals surface area contributed by atoms with Crippen LogP contribution in [-0.4, -0.2) is 13.7 Å². The highest BCUT2D eigenvalue weighted by molar-refractivity contribution is 5.32. The molecular formula is C10H13F2NO. The normalized spacial score (nSPS) is 12.6. The molecule has 0 bridgehead atoms. The molecule has 1 aromatic rings. The Balaban J connectivity index is 3.13. The SMILES string of the molecule is COc1c(F)cc(C(C)CN)cc1F. The maximum Gasteiger partial charge on any atom is 0.190 e. The van der Waals surface area contributed by atoms with Crippen molar-refractivity contribution < 1.29 is 13.5 Å². The molecule has 78 valence electrons. The van der Waals surface area contributed by atoms with E-state index in [1.54, 1.807) is 6.92 Å². The Labute approximate surface area is 81.7 Å². The third-order valence-corrected chi connectivity index (χ3v) is 2.15. The van der Waals surface area contributed by atoms with Gasteiger partial charge in [-0.2, -0.15) is 0 Å². The Bertz CT molecular complexity index is 305. The van der Waals surface area contributed by atoms with Gasteiger partial charge in [0.25, 0.3) is 0 Å². The van der Waals surface area contributed by atoms with E-state index in [2.05, 4.69) is 4.74 Å². The van der Waals surface area contributed by atoms with Gasteiger partial charge in [0.05, 0.1) is 7.11 Å². The van der Waals surface area contributed by atoms with Crippen LogP contribution in [0.1, 0.15) is 18.4 Å². The monoisotopic (exact) mass is 201 g/mol. The van der Waals surface area contributed by atoms with Crippen molar-refractivity contribution in [2.75, 3.05) is 13.7 Å². The number of halogens is 2. The summed E-state index contributed by atoms with van der Waals surface area (Å²) in [4.78, 5) is 0. The lowest BCUT2D eigenvalue weighted by molar-refractivity contribution is 0.359. The van der Waals surface area contributed by atoms with E-state index in [1.807, 2.05) is 0 Å². The number of ether oxygens (including phenoxy) is 1. The summed E-state index contributed by atoms with van der Waals surface area (Å²) in [5.41, 5.74) is 5.94. The first kappa shape index (κ1) is 10.9. The van der Waals surface area contributed by atoms with Gasteiger partial charge in [-0.15, -0.1) is 0 Å². The smallest absolute Gasteiger partial charge is 0.190 e. The number of hydrogen-bond acceptors (Lipinski definition) is 2. The molecule has 0 aliphatic heterocycles.